The predicted octanol–water partition coefficient (Wildman–Crippen LogP) is 1.17. The zero-order chi connectivity index (χ0) is 18.2. The molecule has 25 heavy (non-hydrogen) atoms. The first-order valence-electron chi connectivity index (χ1n) is 8.38. The van der Waals surface area contributed by atoms with E-state index in [4.69, 9.17) is 0 Å². The summed E-state index contributed by atoms with van der Waals surface area (Å²) in [5.74, 6) is -2.00. The summed E-state index contributed by atoms with van der Waals surface area (Å²) in [5.41, 5.74) is 0.921. The summed E-state index contributed by atoms with van der Waals surface area (Å²) in [5, 5.41) is 9.59. The predicted molar refractivity (Wildman–Crippen MR) is 91.9 cm³/mol. The van der Waals surface area contributed by atoms with Gasteiger partial charge in [-0.15, -0.1) is 0 Å². The van der Waals surface area contributed by atoms with Crippen LogP contribution >= 0.6 is 0 Å². The fourth-order valence-electron chi connectivity index (χ4n) is 3.92. The van der Waals surface area contributed by atoms with Gasteiger partial charge in [0.25, 0.3) is 5.91 Å². The van der Waals surface area contributed by atoms with Crippen LogP contribution in [0.5, 0.6) is 0 Å². The van der Waals surface area contributed by atoms with Gasteiger partial charge in [-0.1, -0.05) is 31.0 Å². The monoisotopic (exact) mass is 366 g/mol. The van der Waals surface area contributed by atoms with Gasteiger partial charge in [0, 0.05) is 24.2 Å². The molecule has 0 bridgehead atoms. The zero-order valence-corrected chi connectivity index (χ0v) is 14.8. The average molecular weight is 366 g/mol. The Morgan fingerprint density at radius 2 is 1.92 bits per heavy atom. The van der Waals surface area contributed by atoms with Crippen molar-refractivity contribution in [3.05, 3.63) is 35.4 Å². The van der Waals surface area contributed by atoms with Gasteiger partial charge in [0.2, 0.25) is 10.0 Å². The third-order valence-corrected chi connectivity index (χ3v) is 5.73. The molecule has 7 nitrogen and oxygen atoms in total. The Labute approximate surface area is 147 Å². The van der Waals surface area contributed by atoms with Gasteiger partial charge in [-0.3, -0.25) is 9.59 Å². The minimum Gasteiger partial charge on any atom is -0.481 e. The number of hydrogen-bond acceptors (Lipinski definition) is 4. The van der Waals surface area contributed by atoms with Crippen molar-refractivity contribution in [3.63, 3.8) is 0 Å². The number of sulfonamides is 1. The van der Waals surface area contributed by atoms with Gasteiger partial charge in [-0.2, -0.15) is 0 Å². The number of carboxylic acid groups (broad SMARTS) is 1. The van der Waals surface area contributed by atoms with Crippen LogP contribution in [0.15, 0.2) is 24.3 Å². The first-order valence-corrected chi connectivity index (χ1v) is 10.3. The van der Waals surface area contributed by atoms with Gasteiger partial charge in [-0.25, -0.2) is 13.1 Å². The SMILES string of the molecule is CS(=O)(=O)NC1CCCCC1N1CC(C(=O)O)c2ccccc2C1=O. The van der Waals surface area contributed by atoms with E-state index in [2.05, 4.69) is 4.72 Å². The number of carbonyl (C=O) groups excluding carboxylic acids is 1. The Morgan fingerprint density at radius 3 is 2.60 bits per heavy atom. The maximum atomic E-state index is 13.0. The summed E-state index contributed by atoms with van der Waals surface area (Å²) >= 11 is 0. The topological polar surface area (TPSA) is 104 Å². The Bertz CT molecular complexity index is 792. The number of rotatable bonds is 4. The number of benzene rings is 1. The van der Waals surface area contributed by atoms with Crippen molar-refractivity contribution in [2.75, 3.05) is 12.8 Å². The molecular weight excluding hydrogens is 344 g/mol. The largest absolute Gasteiger partial charge is 0.481 e. The fourth-order valence-corrected chi connectivity index (χ4v) is 4.75. The normalized spacial score (nSPS) is 27.0. The smallest absolute Gasteiger partial charge is 0.312 e. The van der Waals surface area contributed by atoms with Crippen LogP contribution in [0.25, 0.3) is 0 Å². The Morgan fingerprint density at radius 1 is 1.24 bits per heavy atom. The second kappa shape index (κ2) is 6.76. The highest BCUT2D eigenvalue weighted by Gasteiger charge is 2.41. The second-order valence-corrected chi connectivity index (χ2v) is 8.56. The number of carbonyl (C=O) groups is 2. The fraction of sp³-hybridized carbons (Fsp3) is 0.529. The van der Waals surface area contributed by atoms with E-state index in [1.807, 2.05) is 0 Å². The maximum Gasteiger partial charge on any atom is 0.312 e. The molecule has 2 aliphatic rings. The van der Waals surface area contributed by atoms with Crippen LogP contribution in [-0.4, -0.2) is 55.2 Å². The molecule has 1 amide bonds. The first-order chi connectivity index (χ1) is 11.8. The van der Waals surface area contributed by atoms with Crippen LogP contribution in [0.1, 0.15) is 47.5 Å². The number of fused-ring (bicyclic) bond motifs is 1. The summed E-state index contributed by atoms with van der Waals surface area (Å²) in [7, 11) is -3.41. The average Bonchev–Trinajstić information content (AvgIpc) is 2.54. The first kappa shape index (κ1) is 17.9. The molecule has 0 spiro atoms. The second-order valence-electron chi connectivity index (χ2n) is 6.78. The Kier molecular flexibility index (Phi) is 4.83. The van der Waals surface area contributed by atoms with Crippen molar-refractivity contribution >= 4 is 21.9 Å². The number of nitrogens with one attached hydrogen (secondary N) is 1. The highest BCUT2D eigenvalue weighted by atomic mass is 32.2. The van der Waals surface area contributed by atoms with Crippen LogP contribution in [0.4, 0.5) is 0 Å². The molecule has 3 unspecified atom stereocenters. The van der Waals surface area contributed by atoms with Crippen molar-refractivity contribution in [2.24, 2.45) is 0 Å². The van der Waals surface area contributed by atoms with Crippen LogP contribution in [0, 0.1) is 0 Å². The molecule has 1 heterocycles. The maximum absolute atomic E-state index is 13.0. The van der Waals surface area contributed by atoms with Crippen LogP contribution in [0.3, 0.4) is 0 Å². The van der Waals surface area contributed by atoms with Gasteiger partial charge < -0.3 is 10.0 Å². The summed E-state index contributed by atoms with van der Waals surface area (Å²) < 4.78 is 26.0. The van der Waals surface area contributed by atoms with E-state index in [-0.39, 0.29) is 24.5 Å². The summed E-state index contributed by atoms with van der Waals surface area (Å²) in [6, 6.07) is 6.05. The molecule has 0 saturated heterocycles. The number of nitrogens with zero attached hydrogens (tertiary/aromatic N) is 1. The lowest BCUT2D eigenvalue weighted by Crippen LogP contribution is -2.57. The van der Waals surface area contributed by atoms with E-state index in [1.54, 1.807) is 29.2 Å². The van der Waals surface area contributed by atoms with Crippen molar-refractivity contribution < 1.29 is 23.1 Å². The van der Waals surface area contributed by atoms with Crippen molar-refractivity contribution in [2.45, 2.75) is 43.7 Å². The van der Waals surface area contributed by atoms with E-state index in [9.17, 15) is 23.1 Å². The highest BCUT2D eigenvalue weighted by molar-refractivity contribution is 7.88. The summed E-state index contributed by atoms with van der Waals surface area (Å²) in [6.07, 6.45) is 4.17. The van der Waals surface area contributed by atoms with Gasteiger partial charge in [0.15, 0.2) is 0 Å². The molecule has 1 aliphatic carbocycles. The van der Waals surface area contributed by atoms with Gasteiger partial charge in [0.05, 0.1) is 6.26 Å². The molecule has 0 radical (unpaired) electrons. The molecule has 1 saturated carbocycles. The molecule has 1 aromatic carbocycles. The summed E-state index contributed by atoms with van der Waals surface area (Å²) in [6.45, 7) is 0.0673. The molecule has 3 rings (SSSR count). The van der Waals surface area contributed by atoms with E-state index in [0.717, 1.165) is 19.1 Å². The van der Waals surface area contributed by atoms with Gasteiger partial charge >= 0.3 is 5.97 Å². The molecule has 2 N–H and O–H groups in total. The van der Waals surface area contributed by atoms with Crippen LogP contribution in [-0.2, 0) is 14.8 Å². The van der Waals surface area contributed by atoms with Crippen molar-refractivity contribution in [1.29, 1.82) is 0 Å². The highest BCUT2D eigenvalue weighted by Crippen LogP contribution is 2.33. The van der Waals surface area contributed by atoms with Gasteiger partial charge in [0.1, 0.15) is 5.92 Å². The molecule has 3 atom stereocenters. The standard InChI is InChI=1S/C17H22N2O5S/c1-25(23,24)18-14-8-4-5-9-15(14)19-10-13(17(21)22)11-6-2-3-7-12(11)16(19)20/h2-3,6-7,13-15,18H,4-5,8-10H2,1H3,(H,21,22). The molecule has 1 aromatic rings. The van der Waals surface area contributed by atoms with E-state index < -0.39 is 21.9 Å². The van der Waals surface area contributed by atoms with E-state index in [0.29, 0.717) is 24.0 Å². The molecule has 0 aromatic heterocycles. The molecule has 8 heteroatoms. The molecule has 136 valence electrons. The summed E-state index contributed by atoms with van der Waals surface area (Å²) in [4.78, 5) is 26.2. The van der Waals surface area contributed by atoms with Gasteiger partial charge in [-0.05, 0) is 24.5 Å². The lowest BCUT2D eigenvalue weighted by Gasteiger charge is -2.43. The third kappa shape index (κ3) is 3.69. The third-order valence-electron chi connectivity index (χ3n) is 5.00. The quantitative estimate of drug-likeness (QED) is 0.832. The van der Waals surface area contributed by atoms with Crippen LogP contribution in [0.2, 0.25) is 0 Å². The molecule has 1 aliphatic heterocycles. The van der Waals surface area contributed by atoms with E-state index >= 15 is 0 Å². The van der Waals surface area contributed by atoms with Crippen molar-refractivity contribution in [3.8, 4) is 0 Å². The Hall–Kier alpha value is -1.93. The zero-order valence-electron chi connectivity index (χ0n) is 14.0. The minimum atomic E-state index is -3.41. The lowest BCUT2D eigenvalue weighted by atomic mass is 9.84. The van der Waals surface area contributed by atoms with E-state index in [1.165, 1.54) is 0 Å². The number of carboxylic acids is 1. The number of hydrogen-bond donors (Lipinski definition) is 2. The molecule has 1 fully saturated rings. The van der Waals surface area contributed by atoms with Crippen LogP contribution < -0.4 is 4.72 Å². The lowest BCUT2D eigenvalue weighted by molar-refractivity contribution is -0.139. The molecular formula is C17H22N2O5S. The number of aliphatic carboxylic acids is 1. The Balaban J connectivity index is 1.95. The number of amides is 1. The minimum absolute atomic E-state index is 0.0673. The van der Waals surface area contributed by atoms with Crippen molar-refractivity contribution in [1.82, 2.24) is 9.62 Å².